The SMILES string of the molecule is C/C=C(\SC)c1nc2c(C(=O)O)ccc(OC)c2[nH]1. The van der Waals surface area contributed by atoms with Crippen molar-refractivity contribution < 1.29 is 14.6 Å². The van der Waals surface area contributed by atoms with Gasteiger partial charge in [-0.3, -0.25) is 0 Å². The average Bonchev–Trinajstić information content (AvgIpc) is 2.83. The van der Waals surface area contributed by atoms with Gasteiger partial charge in [-0.2, -0.15) is 0 Å². The summed E-state index contributed by atoms with van der Waals surface area (Å²) >= 11 is 1.55. The number of fused-ring (bicyclic) bond motifs is 1. The number of aromatic carboxylic acids is 1. The molecular weight excluding hydrogens is 264 g/mol. The van der Waals surface area contributed by atoms with Gasteiger partial charge in [-0.05, 0) is 25.3 Å². The van der Waals surface area contributed by atoms with Gasteiger partial charge in [0, 0.05) is 4.91 Å². The van der Waals surface area contributed by atoms with Crippen LogP contribution in [0.5, 0.6) is 5.75 Å². The molecule has 2 N–H and O–H groups in total. The molecule has 0 aliphatic heterocycles. The van der Waals surface area contributed by atoms with Crippen LogP contribution in [0.2, 0.25) is 0 Å². The molecule has 5 nitrogen and oxygen atoms in total. The third-order valence-electron chi connectivity index (χ3n) is 2.77. The van der Waals surface area contributed by atoms with Crippen LogP contribution in [0.4, 0.5) is 0 Å². The van der Waals surface area contributed by atoms with Crippen molar-refractivity contribution in [1.82, 2.24) is 9.97 Å². The van der Waals surface area contributed by atoms with E-state index in [1.54, 1.807) is 24.9 Å². The van der Waals surface area contributed by atoms with Crippen molar-refractivity contribution >= 4 is 33.7 Å². The van der Waals surface area contributed by atoms with Gasteiger partial charge in [0.15, 0.2) is 0 Å². The molecule has 1 aromatic carbocycles. The minimum Gasteiger partial charge on any atom is -0.494 e. The number of carboxylic acid groups (broad SMARTS) is 1. The van der Waals surface area contributed by atoms with Gasteiger partial charge in [0.25, 0.3) is 0 Å². The molecule has 0 spiro atoms. The molecule has 1 heterocycles. The molecule has 0 bridgehead atoms. The fourth-order valence-electron chi connectivity index (χ4n) is 1.88. The monoisotopic (exact) mass is 278 g/mol. The van der Waals surface area contributed by atoms with Crippen molar-refractivity contribution in [2.75, 3.05) is 13.4 Å². The van der Waals surface area contributed by atoms with E-state index in [0.717, 1.165) is 4.91 Å². The van der Waals surface area contributed by atoms with Crippen LogP contribution < -0.4 is 4.74 Å². The lowest BCUT2D eigenvalue weighted by atomic mass is 10.2. The average molecular weight is 278 g/mol. The maximum atomic E-state index is 11.2. The normalized spacial score (nSPS) is 11.8. The van der Waals surface area contributed by atoms with E-state index in [2.05, 4.69) is 9.97 Å². The summed E-state index contributed by atoms with van der Waals surface area (Å²) in [6.07, 6.45) is 3.87. The zero-order valence-electron chi connectivity index (χ0n) is 10.9. The molecule has 100 valence electrons. The van der Waals surface area contributed by atoms with Gasteiger partial charge < -0.3 is 14.8 Å². The van der Waals surface area contributed by atoms with Gasteiger partial charge in [0.1, 0.15) is 22.6 Å². The van der Waals surface area contributed by atoms with E-state index in [0.29, 0.717) is 22.6 Å². The summed E-state index contributed by atoms with van der Waals surface area (Å²) in [5.74, 6) is 0.226. The molecule has 2 rings (SSSR count). The van der Waals surface area contributed by atoms with Crippen molar-refractivity contribution in [3.63, 3.8) is 0 Å². The number of nitrogens with zero attached hydrogens (tertiary/aromatic N) is 1. The van der Waals surface area contributed by atoms with Crippen LogP contribution in [0.1, 0.15) is 23.1 Å². The minimum absolute atomic E-state index is 0.162. The number of imidazole rings is 1. The fourth-order valence-corrected chi connectivity index (χ4v) is 2.40. The maximum Gasteiger partial charge on any atom is 0.337 e. The van der Waals surface area contributed by atoms with E-state index in [1.807, 2.05) is 19.3 Å². The van der Waals surface area contributed by atoms with Gasteiger partial charge in [-0.1, -0.05) is 6.08 Å². The first-order chi connectivity index (χ1) is 9.12. The molecule has 6 heteroatoms. The Morgan fingerprint density at radius 1 is 1.53 bits per heavy atom. The van der Waals surface area contributed by atoms with E-state index in [-0.39, 0.29) is 5.56 Å². The third-order valence-corrected chi connectivity index (χ3v) is 3.64. The fraction of sp³-hybridized carbons (Fsp3) is 0.231. The first-order valence-corrected chi connectivity index (χ1v) is 6.85. The molecule has 0 saturated heterocycles. The largest absolute Gasteiger partial charge is 0.494 e. The van der Waals surface area contributed by atoms with E-state index in [9.17, 15) is 9.90 Å². The second-order valence-corrected chi connectivity index (χ2v) is 4.63. The number of hydrogen-bond donors (Lipinski definition) is 2. The molecule has 0 unspecified atom stereocenters. The zero-order chi connectivity index (χ0) is 14.0. The predicted molar refractivity (Wildman–Crippen MR) is 76.8 cm³/mol. The van der Waals surface area contributed by atoms with Crippen molar-refractivity contribution in [3.05, 3.63) is 29.6 Å². The maximum absolute atomic E-state index is 11.2. The third kappa shape index (κ3) is 2.31. The summed E-state index contributed by atoms with van der Waals surface area (Å²) in [5, 5.41) is 9.19. The number of nitrogens with one attached hydrogen (secondary N) is 1. The van der Waals surface area contributed by atoms with Gasteiger partial charge in [-0.25, -0.2) is 9.78 Å². The number of rotatable bonds is 4. The molecule has 0 atom stereocenters. The lowest BCUT2D eigenvalue weighted by molar-refractivity contribution is 0.0699. The number of carbonyl (C=O) groups is 1. The first-order valence-electron chi connectivity index (χ1n) is 5.63. The number of H-pyrrole nitrogens is 1. The van der Waals surface area contributed by atoms with E-state index >= 15 is 0 Å². The van der Waals surface area contributed by atoms with Crippen LogP contribution in [0, 0.1) is 0 Å². The Balaban J connectivity index is 2.74. The number of hydrogen-bond acceptors (Lipinski definition) is 4. The van der Waals surface area contributed by atoms with Crippen LogP contribution >= 0.6 is 11.8 Å². The summed E-state index contributed by atoms with van der Waals surface area (Å²) in [7, 11) is 1.54. The number of methoxy groups -OCH3 is 1. The molecule has 0 saturated carbocycles. The summed E-state index contributed by atoms with van der Waals surface area (Å²) in [6, 6.07) is 3.13. The number of aromatic nitrogens is 2. The Bertz CT molecular complexity index is 661. The molecule has 0 fully saturated rings. The summed E-state index contributed by atoms with van der Waals surface area (Å²) < 4.78 is 5.23. The lowest BCUT2D eigenvalue weighted by Gasteiger charge is -2.02. The second kappa shape index (κ2) is 5.36. The molecule has 0 aliphatic carbocycles. The molecule has 0 amide bonds. The van der Waals surface area contributed by atoms with Crippen molar-refractivity contribution in [2.45, 2.75) is 6.92 Å². The predicted octanol–water partition coefficient (Wildman–Crippen LogP) is 2.99. The van der Waals surface area contributed by atoms with Gasteiger partial charge >= 0.3 is 5.97 Å². The highest BCUT2D eigenvalue weighted by Gasteiger charge is 2.17. The minimum atomic E-state index is -1.00. The topological polar surface area (TPSA) is 75.2 Å². The number of benzene rings is 1. The Morgan fingerprint density at radius 3 is 2.79 bits per heavy atom. The standard InChI is InChI=1S/C13H14N2O3S/c1-4-9(19-3)12-14-10-7(13(16)17)5-6-8(18-2)11(10)15-12/h4-6H,1-3H3,(H,14,15)(H,16,17)/b9-4-. The molecule has 2 aromatic rings. The summed E-state index contributed by atoms with van der Waals surface area (Å²) in [5.41, 5.74) is 1.18. The number of allylic oxidation sites excluding steroid dienone is 1. The zero-order valence-corrected chi connectivity index (χ0v) is 11.7. The Morgan fingerprint density at radius 2 is 2.26 bits per heavy atom. The number of carboxylic acids is 1. The highest BCUT2D eigenvalue weighted by molar-refractivity contribution is 8.07. The van der Waals surface area contributed by atoms with Gasteiger partial charge in [0.05, 0.1) is 12.7 Å². The van der Waals surface area contributed by atoms with Crippen molar-refractivity contribution in [1.29, 1.82) is 0 Å². The van der Waals surface area contributed by atoms with E-state index in [4.69, 9.17) is 4.74 Å². The lowest BCUT2D eigenvalue weighted by Crippen LogP contribution is -1.98. The van der Waals surface area contributed by atoms with Crippen LogP contribution in [0.25, 0.3) is 15.9 Å². The Labute approximate surface area is 114 Å². The quantitative estimate of drug-likeness (QED) is 0.899. The number of aromatic amines is 1. The van der Waals surface area contributed by atoms with Gasteiger partial charge in [0.2, 0.25) is 0 Å². The number of thioether (sulfide) groups is 1. The van der Waals surface area contributed by atoms with E-state index in [1.165, 1.54) is 6.07 Å². The molecule has 19 heavy (non-hydrogen) atoms. The smallest absolute Gasteiger partial charge is 0.337 e. The Hall–Kier alpha value is -1.95. The van der Waals surface area contributed by atoms with Crippen LogP contribution in [-0.2, 0) is 0 Å². The second-order valence-electron chi connectivity index (χ2n) is 3.79. The first kappa shape index (κ1) is 13.5. The highest BCUT2D eigenvalue weighted by Crippen LogP contribution is 2.31. The highest BCUT2D eigenvalue weighted by atomic mass is 32.2. The van der Waals surface area contributed by atoms with Crippen LogP contribution in [0.15, 0.2) is 18.2 Å². The van der Waals surface area contributed by atoms with Crippen LogP contribution in [-0.4, -0.2) is 34.4 Å². The number of ether oxygens (including phenoxy) is 1. The summed E-state index contributed by atoms with van der Waals surface area (Å²) in [4.78, 5) is 19.7. The van der Waals surface area contributed by atoms with Crippen molar-refractivity contribution in [3.8, 4) is 5.75 Å². The molecule has 0 aliphatic rings. The molecule has 1 aromatic heterocycles. The van der Waals surface area contributed by atoms with Crippen LogP contribution in [0.3, 0.4) is 0 Å². The van der Waals surface area contributed by atoms with E-state index < -0.39 is 5.97 Å². The molecular formula is C13H14N2O3S. The van der Waals surface area contributed by atoms with Gasteiger partial charge in [-0.15, -0.1) is 11.8 Å². The Kier molecular flexibility index (Phi) is 3.80. The summed E-state index contributed by atoms with van der Waals surface area (Å²) in [6.45, 7) is 1.91. The van der Waals surface area contributed by atoms with Crippen molar-refractivity contribution in [2.24, 2.45) is 0 Å². The molecule has 0 radical (unpaired) electrons.